The van der Waals surface area contributed by atoms with Gasteiger partial charge in [-0.15, -0.1) is 0 Å². The fourth-order valence-corrected chi connectivity index (χ4v) is 2.33. The second-order valence-electron chi connectivity index (χ2n) is 5.48. The first-order valence-corrected chi connectivity index (χ1v) is 7.80. The molecule has 0 aliphatic carbocycles. The first-order chi connectivity index (χ1) is 12.5. The molecule has 2 aromatic carbocycles. The molecule has 0 heterocycles. The van der Waals surface area contributed by atoms with Crippen molar-refractivity contribution in [2.45, 2.75) is 12.1 Å². The number of aliphatic hydroxyl groups excluding tert-OH is 2. The largest absolute Gasteiger partial charge is 0.394 e. The summed E-state index contributed by atoms with van der Waals surface area (Å²) in [6.07, 6.45) is 0. The van der Waals surface area contributed by atoms with E-state index in [1.54, 1.807) is 0 Å². The van der Waals surface area contributed by atoms with Gasteiger partial charge in [0.1, 0.15) is 11.6 Å². The van der Waals surface area contributed by atoms with E-state index in [4.69, 9.17) is 0 Å². The summed E-state index contributed by atoms with van der Waals surface area (Å²) in [6.45, 7) is -1.27. The Labute approximate surface area is 148 Å². The van der Waals surface area contributed by atoms with Gasteiger partial charge in [0.25, 0.3) is 11.8 Å². The fourth-order valence-electron chi connectivity index (χ4n) is 2.33. The van der Waals surface area contributed by atoms with E-state index in [0.29, 0.717) is 0 Å². The molecule has 8 heteroatoms. The van der Waals surface area contributed by atoms with Crippen LogP contribution in [0.4, 0.5) is 8.78 Å². The maximum atomic E-state index is 13.7. The van der Waals surface area contributed by atoms with Crippen LogP contribution in [0.1, 0.15) is 20.7 Å². The zero-order valence-corrected chi connectivity index (χ0v) is 13.7. The molecule has 138 valence electrons. The van der Waals surface area contributed by atoms with E-state index < -0.39 is 48.7 Å². The van der Waals surface area contributed by atoms with E-state index >= 15 is 0 Å². The average Bonchev–Trinajstić information content (AvgIpc) is 2.64. The Balaban J connectivity index is 2.11. The summed E-state index contributed by atoms with van der Waals surface area (Å²) in [5.41, 5.74) is -0.494. The smallest absolute Gasteiger partial charge is 0.254 e. The number of nitrogens with one attached hydrogen (secondary N) is 2. The van der Waals surface area contributed by atoms with Gasteiger partial charge in [-0.1, -0.05) is 24.3 Å². The number of halogens is 2. The summed E-state index contributed by atoms with van der Waals surface area (Å²) < 4.78 is 27.3. The van der Waals surface area contributed by atoms with Crippen LogP contribution in [-0.4, -0.2) is 47.3 Å². The Morgan fingerprint density at radius 1 is 0.769 bits per heavy atom. The normalized spacial score (nSPS) is 12.9. The highest BCUT2D eigenvalue weighted by Gasteiger charge is 2.26. The molecule has 0 aromatic heterocycles. The summed E-state index contributed by atoms with van der Waals surface area (Å²) in [7, 11) is 0. The van der Waals surface area contributed by atoms with Crippen molar-refractivity contribution in [1.29, 1.82) is 0 Å². The van der Waals surface area contributed by atoms with Crippen molar-refractivity contribution < 1.29 is 28.6 Å². The molecule has 0 saturated carbocycles. The lowest BCUT2D eigenvalue weighted by atomic mass is 10.1. The SMILES string of the molecule is O=C(N[C@H](CO)[C@@H](CO)NC(=O)c1ccccc1F)c1ccccc1F. The number of benzene rings is 2. The monoisotopic (exact) mass is 364 g/mol. The summed E-state index contributed by atoms with van der Waals surface area (Å²) in [6, 6.07) is 8.27. The van der Waals surface area contributed by atoms with Crippen molar-refractivity contribution in [2.75, 3.05) is 13.2 Å². The highest BCUT2D eigenvalue weighted by atomic mass is 19.1. The van der Waals surface area contributed by atoms with E-state index in [2.05, 4.69) is 10.6 Å². The van der Waals surface area contributed by atoms with Crippen LogP contribution in [0.15, 0.2) is 48.5 Å². The zero-order chi connectivity index (χ0) is 19.1. The van der Waals surface area contributed by atoms with Crippen molar-refractivity contribution in [3.8, 4) is 0 Å². The molecule has 26 heavy (non-hydrogen) atoms. The van der Waals surface area contributed by atoms with Crippen molar-refractivity contribution in [2.24, 2.45) is 0 Å². The molecular weight excluding hydrogens is 346 g/mol. The van der Waals surface area contributed by atoms with E-state index in [9.17, 15) is 28.6 Å². The minimum absolute atomic E-state index is 0.247. The summed E-state index contributed by atoms with van der Waals surface area (Å²) >= 11 is 0. The van der Waals surface area contributed by atoms with Crippen LogP contribution in [0.3, 0.4) is 0 Å². The Hall–Kier alpha value is -2.84. The fraction of sp³-hybridized carbons (Fsp3) is 0.222. The van der Waals surface area contributed by atoms with Gasteiger partial charge in [-0.2, -0.15) is 0 Å². The summed E-state index contributed by atoms with van der Waals surface area (Å²) in [5, 5.41) is 23.7. The van der Waals surface area contributed by atoms with E-state index in [1.807, 2.05) is 0 Å². The number of aliphatic hydroxyl groups is 2. The quantitative estimate of drug-likeness (QED) is 0.585. The van der Waals surface area contributed by atoms with Gasteiger partial charge in [0, 0.05) is 0 Å². The van der Waals surface area contributed by atoms with Crippen LogP contribution >= 0.6 is 0 Å². The Kier molecular flexibility index (Phi) is 6.76. The summed E-state index contributed by atoms with van der Waals surface area (Å²) in [5.74, 6) is -3.14. The van der Waals surface area contributed by atoms with Gasteiger partial charge in [-0.25, -0.2) is 8.78 Å². The molecule has 2 rings (SSSR count). The predicted molar refractivity (Wildman–Crippen MR) is 89.5 cm³/mol. The topological polar surface area (TPSA) is 98.7 Å². The highest BCUT2D eigenvalue weighted by Crippen LogP contribution is 2.09. The molecule has 6 nitrogen and oxygen atoms in total. The van der Waals surface area contributed by atoms with Crippen LogP contribution in [-0.2, 0) is 0 Å². The molecule has 0 aliphatic rings. The molecule has 0 radical (unpaired) electrons. The molecule has 2 aromatic rings. The number of hydrogen-bond donors (Lipinski definition) is 4. The van der Waals surface area contributed by atoms with E-state index in [1.165, 1.54) is 36.4 Å². The number of rotatable bonds is 7. The van der Waals surface area contributed by atoms with E-state index in [0.717, 1.165) is 12.1 Å². The van der Waals surface area contributed by atoms with Crippen LogP contribution in [0.25, 0.3) is 0 Å². The molecule has 2 atom stereocenters. The van der Waals surface area contributed by atoms with Crippen molar-refractivity contribution in [1.82, 2.24) is 10.6 Å². The maximum Gasteiger partial charge on any atom is 0.254 e. The lowest BCUT2D eigenvalue weighted by Crippen LogP contribution is -2.55. The minimum atomic E-state index is -1.11. The maximum absolute atomic E-state index is 13.7. The predicted octanol–water partition coefficient (Wildman–Crippen LogP) is 0.846. The number of amides is 2. The van der Waals surface area contributed by atoms with Gasteiger partial charge in [-0.3, -0.25) is 9.59 Å². The number of hydrogen-bond acceptors (Lipinski definition) is 4. The number of carbonyl (C=O) groups excluding carboxylic acids is 2. The van der Waals surface area contributed by atoms with Crippen LogP contribution in [0, 0.1) is 11.6 Å². The average molecular weight is 364 g/mol. The Bertz CT molecular complexity index is 720. The lowest BCUT2D eigenvalue weighted by molar-refractivity contribution is 0.0805. The molecule has 2 amide bonds. The molecule has 0 spiro atoms. The first kappa shape index (κ1) is 19.5. The highest BCUT2D eigenvalue weighted by molar-refractivity contribution is 5.96. The Morgan fingerprint density at radius 2 is 1.12 bits per heavy atom. The second-order valence-corrected chi connectivity index (χ2v) is 5.48. The molecular formula is C18H18F2N2O4. The molecule has 0 bridgehead atoms. The van der Waals surface area contributed by atoms with Gasteiger partial charge in [0.15, 0.2) is 0 Å². The molecule has 0 aliphatic heterocycles. The molecule has 4 N–H and O–H groups in total. The standard InChI is InChI=1S/C18H18F2N2O4/c19-13-7-3-1-5-11(13)17(25)21-15(9-23)16(10-24)22-18(26)12-6-2-4-8-14(12)20/h1-8,15-16,23-24H,9-10H2,(H,21,25)(H,22,26)/t15-,16-/m1/s1. The second kappa shape index (κ2) is 9.02. The van der Waals surface area contributed by atoms with Crippen LogP contribution in [0.2, 0.25) is 0 Å². The lowest BCUT2D eigenvalue weighted by Gasteiger charge is -2.26. The third kappa shape index (κ3) is 4.62. The van der Waals surface area contributed by atoms with Gasteiger partial charge in [0.05, 0.1) is 36.4 Å². The van der Waals surface area contributed by atoms with Gasteiger partial charge < -0.3 is 20.8 Å². The Morgan fingerprint density at radius 3 is 1.42 bits per heavy atom. The number of carbonyl (C=O) groups is 2. The van der Waals surface area contributed by atoms with Crippen molar-refractivity contribution in [3.63, 3.8) is 0 Å². The van der Waals surface area contributed by atoms with Gasteiger partial charge >= 0.3 is 0 Å². The minimum Gasteiger partial charge on any atom is -0.394 e. The van der Waals surface area contributed by atoms with Crippen LogP contribution in [0.5, 0.6) is 0 Å². The van der Waals surface area contributed by atoms with Crippen LogP contribution < -0.4 is 10.6 Å². The summed E-state index contributed by atoms with van der Waals surface area (Å²) in [4.78, 5) is 24.3. The first-order valence-electron chi connectivity index (χ1n) is 7.80. The molecule has 0 fully saturated rings. The van der Waals surface area contributed by atoms with Gasteiger partial charge in [-0.05, 0) is 24.3 Å². The van der Waals surface area contributed by atoms with Crippen molar-refractivity contribution >= 4 is 11.8 Å². The molecule has 0 saturated heterocycles. The third-order valence-electron chi connectivity index (χ3n) is 3.75. The molecule has 0 unspecified atom stereocenters. The third-order valence-corrected chi connectivity index (χ3v) is 3.75. The van der Waals surface area contributed by atoms with Crippen molar-refractivity contribution in [3.05, 3.63) is 71.3 Å². The van der Waals surface area contributed by atoms with Gasteiger partial charge in [0.2, 0.25) is 0 Å². The zero-order valence-electron chi connectivity index (χ0n) is 13.7. The van der Waals surface area contributed by atoms with E-state index in [-0.39, 0.29) is 11.1 Å².